The van der Waals surface area contributed by atoms with Crippen molar-refractivity contribution in [2.45, 2.75) is 50.8 Å². The summed E-state index contributed by atoms with van der Waals surface area (Å²) in [6, 6.07) is 38.6. The topological polar surface area (TPSA) is 86.3 Å². The third kappa shape index (κ3) is 10.9. The van der Waals surface area contributed by atoms with Crippen molar-refractivity contribution in [1.29, 1.82) is 0 Å². The molecule has 0 aliphatic carbocycles. The molecule has 0 radical (unpaired) electrons. The Kier molecular flexibility index (Phi) is 13.8. The standard InChI is InChI=1S/C37H41NO6/c1-2-23-38-37(40)36(44-27-32-21-13-6-14-22-32)35(43-26-31-19-11-5-12-20-31)34(42-25-30-17-9-4-10-18-30)33(39)28-41-24-29-15-7-3-8-16-29/h2-22,33-36,39H,1,23-28H2,(H,38,40)/t33-,34-,35+,36-/m1/s1. The fourth-order valence-corrected chi connectivity index (χ4v) is 4.63. The lowest BCUT2D eigenvalue weighted by atomic mass is 10.0. The Morgan fingerprint density at radius 2 is 1.05 bits per heavy atom. The molecule has 0 spiro atoms. The van der Waals surface area contributed by atoms with Crippen LogP contribution in [0.3, 0.4) is 0 Å². The maximum Gasteiger partial charge on any atom is 0.252 e. The van der Waals surface area contributed by atoms with Gasteiger partial charge in [0, 0.05) is 6.54 Å². The second-order valence-corrected chi connectivity index (χ2v) is 10.3. The molecule has 0 aliphatic rings. The Balaban J connectivity index is 1.62. The molecule has 0 saturated heterocycles. The number of carbonyl (C=O) groups is 1. The quantitative estimate of drug-likeness (QED) is 0.137. The van der Waals surface area contributed by atoms with Crippen molar-refractivity contribution in [1.82, 2.24) is 5.32 Å². The van der Waals surface area contributed by atoms with Crippen LogP contribution in [0.5, 0.6) is 0 Å². The van der Waals surface area contributed by atoms with E-state index in [-0.39, 0.29) is 33.0 Å². The minimum Gasteiger partial charge on any atom is -0.388 e. The molecule has 4 aromatic carbocycles. The molecule has 0 saturated carbocycles. The number of aliphatic hydroxyl groups excluding tert-OH is 1. The highest BCUT2D eigenvalue weighted by molar-refractivity contribution is 5.81. The number of aliphatic hydroxyl groups is 1. The van der Waals surface area contributed by atoms with Crippen LogP contribution in [-0.4, -0.2) is 48.6 Å². The molecule has 4 rings (SSSR count). The van der Waals surface area contributed by atoms with Crippen LogP contribution in [0.15, 0.2) is 134 Å². The molecule has 1 amide bonds. The molecule has 0 bridgehead atoms. The average Bonchev–Trinajstić information content (AvgIpc) is 3.07. The molecule has 230 valence electrons. The van der Waals surface area contributed by atoms with Crippen molar-refractivity contribution in [3.8, 4) is 0 Å². The zero-order valence-corrected chi connectivity index (χ0v) is 24.9. The molecular weight excluding hydrogens is 554 g/mol. The normalized spacial score (nSPS) is 13.8. The van der Waals surface area contributed by atoms with Crippen LogP contribution in [0, 0.1) is 0 Å². The summed E-state index contributed by atoms with van der Waals surface area (Å²) in [7, 11) is 0. The number of carbonyl (C=O) groups excluding carboxylic acids is 1. The van der Waals surface area contributed by atoms with Gasteiger partial charge in [-0.15, -0.1) is 6.58 Å². The van der Waals surface area contributed by atoms with Gasteiger partial charge in [0.1, 0.15) is 18.3 Å². The minimum atomic E-state index is -1.14. The summed E-state index contributed by atoms with van der Waals surface area (Å²) in [4.78, 5) is 13.6. The molecule has 7 nitrogen and oxygen atoms in total. The van der Waals surface area contributed by atoms with Crippen molar-refractivity contribution >= 4 is 5.91 Å². The van der Waals surface area contributed by atoms with E-state index < -0.39 is 30.3 Å². The third-order valence-corrected chi connectivity index (χ3v) is 6.92. The Bertz CT molecular complexity index is 1350. The average molecular weight is 596 g/mol. The SMILES string of the molecule is C=CCNC(=O)[C@H](OCc1ccccc1)[C@@H](OCc1ccccc1)[C@H](OCc1ccccc1)[C@H](O)COCc1ccccc1. The van der Waals surface area contributed by atoms with E-state index in [1.807, 2.05) is 121 Å². The number of hydrogen-bond donors (Lipinski definition) is 2. The number of benzene rings is 4. The Labute approximate surface area is 260 Å². The van der Waals surface area contributed by atoms with Gasteiger partial charge in [0.2, 0.25) is 0 Å². The van der Waals surface area contributed by atoms with Crippen molar-refractivity contribution in [2.24, 2.45) is 0 Å². The molecule has 4 aromatic rings. The lowest BCUT2D eigenvalue weighted by Gasteiger charge is -2.35. The summed E-state index contributed by atoms with van der Waals surface area (Å²) >= 11 is 0. The van der Waals surface area contributed by atoms with Crippen LogP contribution in [0.2, 0.25) is 0 Å². The first-order chi connectivity index (χ1) is 21.6. The van der Waals surface area contributed by atoms with E-state index in [0.717, 1.165) is 22.3 Å². The van der Waals surface area contributed by atoms with Gasteiger partial charge in [0.25, 0.3) is 5.91 Å². The van der Waals surface area contributed by atoms with Gasteiger partial charge in [-0.3, -0.25) is 4.79 Å². The zero-order chi connectivity index (χ0) is 30.8. The molecular formula is C37H41NO6. The van der Waals surface area contributed by atoms with E-state index in [4.69, 9.17) is 18.9 Å². The van der Waals surface area contributed by atoms with Crippen molar-refractivity contribution < 1.29 is 28.8 Å². The van der Waals surface area contributed by atoms with Gasteiger partial charge in [0.15, 0.2) is 6.10 Å². The second-order valence-electron chi connectivity index (χ2n) is 10.3. The smallest absolute Gasteiger partial charge is 0.252 e. The molecule has 44 heavy (non-hydrogen) atoms. The Hall–Kier alpha value is -4.11. The van der Waals surface area contributed by atoms with Crippen LogP contribution in [0.4, 0.5) is 0 Å². The van der Waals surface area contributed by atoms with Gasteiger partial charge < -0.3 is 29.4 Å². The van der Waals surface area contributed by atoms with E-state index in [1.165, 1.54) is 0 Å². The highest BCUT2D eigenvalue weighted by atomic mass is 16.6. The van der Waals surface area contributed by atoms with Crippen LogP contribution >= 0.6 is 0 Å². The maximum absolute atomic E-state index is 13.6. The van der Waals surface area contributed by atoms with E-state index in [9.17, 15) is 9.90 Å². The predicted octanol–water partition coefficient (Wildman–Crippen LogP) is 5.62. The highest BCUT2D eigenvalue weighted by Crippen LogP contribution is 2.22. The summed E-state index contributed by atoms with van der Waals surface area (Å²) in [5.41, 5.74) is 3.69. The number of nitrogens with one attached hydrogen (secondary N) is 1. The van der Waals surface area contributed by atoms with Gasteiger partial charge in [-0.1, -0.05) is 127 Å². The predicted molar refractivity (Wildman–Crippen MR) is 170 cm³/mol. The first kappa shape index (κ1) is 32.8. The maximum atomic E-state index is 13.6. The van der Waals surface area contributed by atoms with Gasteiger partial charge in [-0.2, -0.15) is 0 Å². The summed E-state index contributed by atoms with van der Waals surface area (Å²) in [6.07, 6.45) is -2.64. The van der Waals surface area contributed by atoms with E-state index in [2.05, 4.69) is 11.9 Å². The van der Waals surface area contributed by atoms with Gasteiger partial charge in [-0.25, -0.2) is 0 Å². The lowest BCUT2D eigenvalue weighted by molar-refractivity contribution is -0.191. The molecule has 0 heterocycles. The Morgan fingerprint density at radius 1 is 0.636 bits per heavy atom. The summed E-state index contributed by atoms with van der Waals surface area (Å²) in [5.74, 6) is -0.399. The van der Waals surface area contributed by atoms with Crippen molar-refractivity contribution in [2.75, 3.05) is 13.2 Å². The molecule has 2 N–H and O–H groups in total. The lowest BCUT2D eigenvalue weighted by Crippen LogP contribution is -2.55. The molecule has 0 aromatic heterocycles. The summed E-state index contributed by atoms with van der Waals surface area (Å²) in [6.45, 7) is 4.76. The minimum absolute atomic E-state index is 0.0424. The molecule has 0 fully saturated rings. The van der Waals surface area contributed by atoms with E-state index in [1.54, 1.807) is 6.08 Å². The molecule has 0 aliphatic heterocycles. The first-order valence-corrected chi connectivity index (χ1v) is 14.8. The van der Waals surface area contributed by atoms with E-state index in [0.29, 0.717) is 6.61 Å². The van der Waals surface area contributed by atoms with Crippen LogP contribution in [0.25, 0.3) is 0 Å². The van der Waals surface area contributed by atoms with Gasteiger partial charge in [-0.05, 0) is 22.3 Å². The largest absolute Gasteiger partial charge is 0.388 e. The monoisotopic (exact) mass is 595 g/mol. The van der Waals surface area contributed by atoms with Crippen LogP contribution in [0.1, 0.15) is 22.3 Å². The molecule has 0 unspecified atom stereocenters. The van der Waals surface area contributed by atoms with Crippen molar-refractivity contribution in [3.63, 3.8) is 0 Å². The van der Waals surface area contributed by atoms with Gasteiger partial charge >= 0.3 is 0 Å². The third-order valence-electron chi connectivity index (χ3n) is 6.92. The van der Waals surface area contributed by atoms with E-state index >= 15 is 0 Å². The molecule has 7 heteroatoms. The number of rotatable bonds is 19. The number of ether oxygens (including phenoxy) is 4. The fraction of sp³-hybridized carbons (Fsp3) is 0.270. The van der Waals surface area contributed by atoms with Crippen LogP contribution in [-0.2, 0) is 50.2 Å². The Morgan fingerprint density at radius 3 is 1.50 bits per heavy atom. The van der Waals surface area contributed by atoms with Crippen LogP contribution < -0.4 is 5.32 Å². The number of amides is 1. The molecule has 4 atom stereocenters. The van der Waals surface area contributed by atoms with Gasteiger partial charge in [0.05, 0.1) is 33.0 Å². The number of hydrogen-bond acceptors (Lipinski definition) is 6. The zero-order valence-electron chi connectivity index (χ0n) is 24.9. The summed E-state index contributed by atoms with van der Waals surface area (Å²) < 4.78 is 25.1. The highest BCUT2D eigenvalue weighted by Gasteiger charge is 2.41. The fourth-order valence-electron chi connectivity index (χ4n) is 4.63. The first-order valence-electron chi connectivity index (χ1n) is 14.8. The van der Waals surface area contributed by atoms with Crippen molar-refractivity contribution in [3.05, 3.63) is 156 Å². The summed E-state index contributed by atoms with van der Waals surface area (Å²) in [5, 5.41) is 14.4. The second kappa shape index (κ2) is 18.5.